The van der Waals surface area contributed by atoms with E-state index in [9.17, 15) is 5.11 Å². The number of rotatable bonds is 1. The summed E-state index contributed by atoms with van der Waals surface area (Å²) in [5, 5.41) is 20.1. The summed E-state index contributed by atoms with van der Waals surface area (Å²) in [6.45, 7) is 0. The van der Waals surface area contributed by atoms with E-state index in [2.05, 4.69) is 32.7 Å². The van der Waals surface area contributed by atoms with E-state index in [1.165, 1.54) is 11.1 Å². The van der Waals surface area contributed by atoms with Gasteiger partial charge in [0.2, 0.25) is 0 Å². The first-order valence-electron chi connectivity index (χ1n) is 8.46. The van der Waals surface area contributed by atoms with E-state index >= 15 is 0 Å². The van der Waals surface area contributed by atoms with Crippen LogP contribution in [0.5, 0.6) is 0 Å². The van der Waals surface area contributed by atoms with E-state index < -0.39 is 6.10 Å². The highest BCUT2D eigenvalue weighted by molar-refractivity contribution is 5.69. The Labute approximate surface area is 145 Å². The van der Waals surface area contributed by atoms with Crippen molar-refractivity contribution in [1.82, 2.24) is 14.5 Å². The van der Waals surface area contributed by atoms with Crippen molar-refractivity contribution in [1.29, 1.82) is 5.26 Å². The molecular weight excluding hydrogens is 312 g/mol. The van der Waals surface area contributed by atoms with Crippen molar-refractivity contribution in [3.8, 4) is 17.3 Å². The number of imidazole rings is 1. The Kier molecular flexibility index (Phi) is 3.03. The predicted molar refractivity (Wildman–Crippen MR) is 91.5 cm³/mol. The zero-order valence-electron chi connectivity index (χ0n) is 13.5. The van der Waals surface area contributed by atoms with Crippen LogP contribution in [0.2, 0.25) is 0 Å². The maximum atomic E-state index is 11.1. The third-order valence-electron chi connectivity index (χ3n) is 5.49. The Bertz CT molecular complexity index is 1020. The van der Waals surface area contributed by atoms with Crippen molar-refractivity contribution in [3.05, 3.63) is 71.4 Å². The predicted octanol–water partition coefficient (Wildman–Crippen LogP) is 3.02. The number of nitrogens with zero attached hydrogens (tertiary/aromatic N) is 4. The third kappa shape index (κ3) is 1.98. The highest BCUT2D eigenvalue weighted by Crippen LogP contribution is 2.49. The monoisotopic (exact) mass is 328 g/mol. The molecular formula is C20H16N4O. The normalized spacial score (nSPS) is 23.4. The topological polar surface area (TPSA) is 74.7 Å². The largest absolute Gasteiger partial charge is 0.386 e. The van der Waals surface area contributed by atoms with Crippen molar-refractivity contribution in [2.24, 2.45) is 5.92 Å². The average molecular weight is 328 g/mol. The molecule has 5 rings (SSSR count). The van der Waals surface area contributed by atoms with Crippen LogP contribution in [0.15, 0.2) is 49.1 Å². The minimum atomic E-state index is -0.650. The molecule has 25 heavy (non-hydrogen) atoms. The molecule has 5 nitrogen and oxygen atoms in total. The summed E-state index contributed by atoms with van der Waals surface area (Å²) in [6, 6.07) is 12.4. The number of benzene rings is 1. The minimum Gasteiger partial charge on any atom is -0.386 e. The molecule has 2 aliphatic rings. The highest BCUT2D eigenvalue weighted by atomic mass is 16.3. The van der Waals surface area contributed by atoms with Gasteiger partial charge >= 0.3 is 0 Å². The molecule has 3 unspecified atom stereocenters. The van der Waals surface area contributed by atoms with Gasteiger partial charge in [-0.1, -0.05) is 24.3 Å². The first kappa shape index (κ1) is 14.4. The minimum absolute atomic E-state index is 0.0320. The summed E-state index contributed by atoms with van der Waals surface area (Å²) in [6.07, 6.45) is 6.32. The molecule has 3 atom stereocenters. The second kappa shape index (κ2) is 5.27. The molecule has 122 valence electrons. The number of aryl methyl sites for hydroxylation is 1. The number of aliphatic hydroxyl groups is 1. The van der Waals surface area contributed by atoms with Crippen LogP contribution in [0.3, 0.4) is 0 Å². The summed E-state index contributed by atoms with van der Waals surface area (Å²) >= 11 is 0. The van der Waals surface area contributed by atoms with Crippen LogP contribution in [0, 0.1) is 17.2 Å². The van der Waals surface area contributed by atoms with Crippen LogP contribution in [-0.4, -0.2) is 19.6 Å². The molecule has 0 saturated carbocycles. The molecule has 0 saturated heterocycles. The molecule has 5 heteroatoms. The average Bonchev–Trinajstić information content (AvgIpc) is 3.23. The van der Waals surface area contributed by atoms with Gasteiger partial charge in [-0.05, 0) is 30.0 Å². The van der Waals surface area contributed by atoms with E-state index in [0.29, 0.717) is 11.3 Å². The van der Waals surface area contributed by atoms with E-state index in [4.69, 9.17) is 5.26 Å². The fraction of sp³-hybridized carbons (Fsp3) is 0.250. The lowest BCUT2D eigenvalue weighted by molar-refractivity contribution is 0.0679. The first-order chi connectivity index (χ1) is 12.3. The smallest absolute Gasteiger partial charge is 0.101 e. The van der Waals surface area contributed by atoms with Crippen LogP contribution < -0.4 is 0 Å². The second-order valence-electron chi connectivity index (χ2n) is 6.75. The molecule has 1 aliphatic carbocycles. The lowest BCUT2D eigenvalue weighted by atomic mass is 9.77. The molecule has 1 N–H and O–H groups in total. The molecule has 3 heterocycles. The number of aliphatic hydroxyl groups excluding tert-OH is 1. The molecule has 0 fully saturated rings. The van der Waals surface area contributed by atoms with Crippen molar-refractivity contribution in [2.45, 2.75) is 25.0 Å². The number of hydrogen-bond acceptors (Lipinski definition) is 4. The molecule has 1 aromatic carbocycles. The van der Waals surface area contributed by atoms with Gasteiger partial charge in [-0.2, -0.15) is 5.26 Å². The summed E-state index contributed by atoms with van der Waals surface area (Å²) in [5.41, 5.74) is 5.77. The molecule has 0 spiro atoms. The Morgan fingerprint density at radius 1 is 1.24 bits per heavy atom. The van der Waals surface area contributed by atoms with Crippen LogP contribution in [-0.2, 0) is 6.42 Å². The van der Waals surface area contributed by atoms with E-state index in [1.54, 1.807) is 6.20 Å². The first-order valence-corrected chi connectivity index (χ1v) is 8.46. The highest BCUT2D eigenvalue weighted by Gasteiger charge is 2.41. The van der Waals surface area contributed by atoms with E-state index in [0.717, 1.165) is 24.1 Å². The van der Waals surface area contributed by atoms with Crippen molar-refractivity contribution in [2.75, 3.05) is 0 Å². The fourth-order valence-electron chi connectivity index (χ4n) is 4.37. The summed E-state index contributed by atoms with van der Waals surface area (Å²) in [4.78, 5) is 8.70. The molecule has 3 aromatic rings. The van der Waals surface area contributed by atoms with E-state index in [1.807, 2.05) is 30.7 Å². The fourth-order valence-corrected chi connectivity index (χ4v) is 4.37. The van der Waals surface area contributed by atoms with Crippen LogP contribution in [0.4, 0.5) is 0 Å². The Balaban J connectivity index is 1.60. The standard InChI is InChI=1S/C20H16N4O/c21-8-12-7-13-5-6-16(20(25)18(13)23-9-12)19-15-4-2-1-3-14(15)17-10-22-11-24(17)19/h1-4,7,9-11,16,19-20,25H,5-6H2. The van der Waals surface area contributed by atoms with Gasteiger partial charge in [-0.3, -0.25) is 4.98 Å². The third-order valence-corrected chi connectivity index (χ3v) is 5.49. The van der Waals surface area contributed by atoms with Gasteiger partial charge in [-0.15, -0.1) is 0 Å². The van der Waals surface area contributed by atoms with Crippen molar-refractivity contribution < 1.29 is 5.11 Å². The molecule has 0 radical (unpaired) electrons. The number of hydrogen-bond donors (Lipinski definition) is 1. The SMILES string of the molecule is N#Cc1cnc2c(c1)CCC(C1c3ccccc3-c3cncn31)C2O. The van der Waals surface area contributed by atoms with Gasteiger partial charge in [0.05, 0.1) is 35.5 Å². The number of aromatic nitrogens is 3. The molecule has 2 aromatic heterocycles. The molecule has 1 aliphatic heterocycles. The maximum absolute atomic E-state index is 11.1. The van der Waals surface area contributed by atoms with Crippen molar-refractivity contribution in [3.63, 3.8) is 0 Å². The summed E-state index contributed by atoms with van der Waals surface area (Å²) in [5.74, 6) is 0.0320. The van der Waals surface area contributed by atoms with Crippen LogP contribution in [0.25, 0.3) is 11.3 Å². The van der Waals surface area contributed by atoms with Gasteiger partial charge in [0.15, 0.2) is 0 Å². The number of pyridine rings is 1. The van der Waals surface area contributed by atoms with Crippen molar-refractivity contribution >= 4 is 0 Å². The number of fused-ring (bicyclic) bond motifs is 4. The summed E-state index contributed by atoms with van der Waals surface area (Å²) < 4.78 is 2.17. The number of nitriles is 1. The molecule has 0 amide bonds. The van der Waals surface area contributed by atoms with Crippen LogP contribution in [0.1, 0.15) is 41.0 Å². The second-order valence-corrected chi connectivity index (χ2v) is 6.75. The Morgan fingerprint density at radius 3 is 3.00 bits per heavy atom. The van der Waals surface area contributed by atoms with Gasteiger partial charge in [0.1, 0.15) is 12.2 Å². The van der Waals surface area contributed by atoms with Crippen LogP contribution >= 0.6 is 0 Å². The lowest BCUT2D eigenvalue weighted by Crippen LogP contribution is -2.29. The lowest BCUT2D eigenvalue weighted by Gasteiger charge is -2.34. The summed E-state index contributed by atoms with van der Waals surface area (Å²) in [7, 11) is 0. The zero-order valence-corrected chi connectivity index (χ0v) is 13.5. The zero-order chi connectivity index (χ0) is 17.0. The van der Waals surface area contributed by atoms with E-state index in [-0.39, 0.29) is 12.0 Å². The van der Waals surface area contributed by atoms with Gasteiger partial charge in [0, 0.05) is 17.7 Å². The Hall–Kier alpha value is -2.97. The molecule has 0 bridgehead atoms. The van der Waals surface area contributed by atoms with Gasteiger partial charge in [-0.25, -0.2) is 4.98 Å². The maximum Gasteiger partial charge on any atom is 0.101 e. The Morgan fingerprint density at radius 2 is 2.12 bits per heavy atom. The van der Waals surface area contributed by atoms with Gasteiger partial charge in [0.25, 0.3) is 0 Å². The van der Waals surface area contributed by atoms with Gasteiger partial charge < -0.3 is 9.67 Å². The quantitative estimate of drug-likeness (QED) is 0.745.